The van der Waals surface area contributed by atoms with E-state index in [1.165, 1.54) is 0 Å². The normalized spacial score (nSPS) is 22.0. The van der Waals surface area contributed by atoms with Gasteiger partial charge in [0.15, 0.2) is 12.4 Å². The number of carbonyl (C=O) groups is 1. The van der Waals surface area contributed by atoms with Crippen molar-refractivity contribution in [2.45, 2.75) is 39.2 Å². The van der Waals surface area contributed by atoms with Gasteiger partial charge in [0.2, 0.25) is 5.71 Å². The first-order valence-corrected chi connectivity index (χ1v) is 11.0. The standard InChI is InChI=1S/C23H24BrN3O3/c1-22(2,3)30-21(28)27-12-23(8-9-29-13-23)11-18(27)20-25-17-7-4-14-10-15(24)5-6-16(14)19(17)26-20/h4-7,10H,8-9,11-13H2,1-3H3/p+1. The molecule has 156 valence electrons. The molecule has 2 aliphatic heterocycles. The van der Waals surface area contributed by atoms with Crippen molar-refractivity contribution in [3.63, 3.8) is 0 Å². The molecule has 0 saturated carbocycles. The number of amides is 1. The van der Waals surface area contributed by atoms with Crippen molar-refractivity contribution >= 4 is 49.5 Å². The summed E-state index contributed by atoms with van der Waals surface area (Å²) >= 11 is 3.54. The maximum atomic E-state index is 13.0. The van der Waals surface area contributed by atoms with E-state index in [1.54, 1.807) is 4.58 Å². The summed E-state index contributed by atoms with van der Waals surface area (Å²) < 4.78 is 14.2. The van der Waals surface area contributed by atoms with Gasteiger partial charge in [0.1, 0.15) is 5.60 Å². The van der Waals surface area contributed by atoms with Crippen LogP contribution in [0.2, 0.25) is 0 Å². The van der Waals surface area contributed by atoms with Gasteiger partial charge in [-0.1, -0.05) is 28.1 Å². The second kappa shape index (κ2) is 6.89. The van der Waals surface area contributed by atoms with Gasteiger partial charge in [-0.05, 0) is 50.8 Å². The minimum atomic E-state index is -0.554. The average molecular weight is 471 g/mol. The van der Waals surface area contributed by atoms with Crippen molar-refractivity contribution in [2.24, 2.45) is 5.41 Å². The van der Waals surface area contributed by atoms with E-state index in [2.05, 4.69) is 39.1 Å². The van der Waals surface area contributed by atoms with E-state index in [-0.39, 0.29) is 11.5 Å². The molecule has 1 N–H and O–H groups in total. The number of H-pyrrole nitrogens is 1. The van der Waals surface area contributed by atoms with Gasteiger partial charge in [0, 0.05) is 16.5 Å². The molecule has 2 aromatic carbocycles. The number of hydrogen-bond acceptors (Lipinski definition) is 4. The number of aromatic amines is 1. The highest BCUT2D eigenvalue weighted by atomic mass is 79.9. The highest BCUT2D eigenvalue weighted by Gasteiger charge is 2.52. The van der Waals surface area contributed by atoms with Gasteiger partial charge in [-0.15, -0.1) is 4.58 Å². The zero-order valence-corrected chi connectivity index (χ0v) is 19.0. The Morgan fingerprint density at radius 2 is 2.13 bits per heavy atom. The van der Waals surface area contributed by atoms with Crippen molar-refractivity contribution < 1.29 is 18.8 Å². The number of imidazole rings is 1. The molecule has 1 saturated heterocycles. The summed E-state index contributed by atoms with van der Waals surface area (Å²) in [6.07, 6.45) is 1.36. The summed E-state index contributed by atoms with van der Waals surface area (Å²) in [5.41, 5.74) is 2.14. The van der Waals surface area contributed by atoms with E-state index in [0.29, 0.717) is 13.2 Å². The first-order chi connectivity index (χ1) is 14.2. The summed E-state index contributed by atoms with van der Waals surface area (Å²) in [4.78, 5) is 21.4. The van der Waals surface area contributed by atoms with Gasteiger partial charge in [0.05, 0.1) is 29.5 Å². The third-order valence-electron chi connectivity index (χ3n) is 5.86. The van der Waals surface area contributed by atoms with Crippen LogP contribution in [-0.2, 0) is 9.47 Å². The highest BCUT2D eigenvalue weighted by molar-refractivity contribution is 9.10. The lowest BCUT2D eigenvalue weighted by molar-refractivity contribution is -0.454. The Morgan fingerprint density at radius 1 is 1.30 bits per heavy atom. The van der Waals surface area contributed by atoms with Crippen LogP contribution in [0.1, 0.15) is 39.4 Å². The largest absolute Gasteiger partial charge is 0.597 e. The Balaban J connectivity index is 1.62. The average Bonchev–Trinajstić information content (AvgIpc) is 3.38. The van der Waals surface area contributed by atoms with Crippen LogP contribution < -0.4 is 0 Å². The summed E-state index contributed by atoms with van der Waals surface area (Å²) in [5.74, 6) is 0.732. The number of carbonyl (C=O) groups excluding carboxylic acids is 1. The minimum Gasteiger partial charge on any atom is -0.406 e. The van der Waals surface area contributed by atoms with Gasteiger partial charge in [-0.25, -0.2) is 4.98 Å². The molecular weight excluding hydrogens is 446 g/mol. The fourth-order valence-electron chi connectivity index (χ4n) is 4.46. The first-order valence-electron chi connectivity index (χ1n) is 10.3. The van der Waals surface area contributed by atoms with Crippen LogP contribution in [0.3, 0.4) is 0 Å². The lowest BCUT2D eigenvalue weighted by Crippen LogP contribution is -2.34. The highest BCUT2D eigenvalue weighted by Crippen LogP contribution is 2.39. The molecule has 3 heterocycles. The third-order valence-corrected chi connectivity index (χ3v) is 6.36. The topological polar surface area (TPSA) is 67.2 Å². The maximum absolute atomic E-state index is 13.0. The number of nitrogens with one attached hydrogen (secondary N) is 1. The van der Waals surface area contributed by atoms with Gasteiger partial charge >= 0.3 is 6.09 Å². The zero-order valence-electron chi connectivity index (χ0n) is 17.4. The lowest BCUT2D eigenvalue weighted by atomic mass is 9.84. The van der Waals surface area contributed by atoms with Crippen LogP contribution in [0.5, 0.6) is 0 Å². The van der Waals surface area contributed by atoms with E-state index in [4.69, 9.17) is 14.5 Å². The Hall–Kier alpha value is -2.25. The van der Waals surface area contributed by atoms with Crippen molar-refractivity contribution in [2.75, 3.05) is 19.8 Å². The van der Waals surface area contributed by atoms with Crippen LogP contribution in [0, 0.1) is 5.41 Å². The number of aromatic nitrogens is 2. The second-order valence-corrected chi connectivity index (χ2v) is 10.3. The smallest absolute Gasteiger partial charge is 0.406 e. The molecule has 0 bridgehead atoms. The fourth-order valence-corrected chi connectivity index (χ4v) is 4.84. The molecule has 0 radical (unpaired) electrons. The predicted molar refractivity (Wildman–Crippen MR) is 119 cm³/mol. The SMILES string of the molecule is CC(C)(C)OC(=O)[N+]1=C(c2nc3c(ccc4cc(Br)ccc43)[nH]2)CC2(CCOC2)C1. The van der Waals surface area contributed by atoms with E-state index in [1.807, 2.05) is 32.9 Å². The van der Waals surface area contributed by atoms with Crippen LogP contribution in [0.25, 0.3) is 21.8 Å². The maximum Gasteiger partial charge on any atom is 0.597 e. The van der Waals surface area contributed by atoms with Crippen LogP contribution >= 0.6 is 15.9 Å². The Labute approximate surface area is 183 Å². The van der Waals surface area contributed by atoms with E-state index in [9.17, 15) is 4.79 Å². The molecule has 0 aliphatic carbocycles. The summed E-state index contributed by atoms with van der Waals surface area (Å²) in [6.45, 7) is 7.66. The Bertz CT molecular complexity index is 1200. The summed E-state index contributed by atoms with van der Waals surface area (Å²) in [5, 5.41) is 2.20. The molecule has 1 amide bonds. The molecule has 1 atom stereocenters. The summed E-state index contributed by atoms with van der Waals surface area (Å²) in [7, 11) is 0. The molecule has 1 spiro atoms. The molecule has 2 aliphatic rings. The quantitative estimate of drug-likeness (QED) is 0.506. The second-order valence-electron chi connectivity index (χ2n) is 9.41. The van der Waals surface area contributed by atoms with E-state index in [0.717, 1.165) is 57.3 Å². The summed E-state index contributed by atoms with van der Waals surface area (Å²) in [6, 6.07) is 10.3. The number of benzene rings is 2. The predicted octanol–water partition coefficient (Wildman–Crippen LogP) is 5.03. The van der Waals surface area contributed by atoms with E-state index < -0.39 is 5.60 Å². The first kappa shape index (κ1) is 19.7. The van der Waals surface area contributed by atoms with Crippen LogP contribution in [0.15, 0.2) is 34.8 Å². The molecule has 30 heavy (non-hydrogen) atoms. The lowest BCUT2D eigenvalue weighted by Gasteiger charge is -2.18. The van der Waals surface area contributed by atoms with Crippen molar-refractivity contribution in [1.82, 2.24) is 9.97 Å². The van der Waals surface area contributed by atoms with E-state index >= 15 is 0 Å². The number of nitrogens with zero attached hydrogens (tertiary/aromatic N) is 2. The Kier molecular flexibility index (Phi) is 4.52. The van der Waals surface area contributed by atoms with Crippen LogP contribution in [0.4, 0.5) is 4.79 Å². The van der Waals surface area contributed by atoms with Crippen molar-refractivity contribution in [1.29, 1.82) is 0 Å². The minimum absolute atomic E-state index is 0.0574. The number of halogens is 1. The zero-order chi connectivity index (χ0) is 21.1. The molecule has 7 heteroatoms. The van der Waals surface area contributed by atoms with Crippen LogP contribution in [-0.4, -0.2) is 51.7 Å². The molecule has 3 aromatic rings. The molecular formula is C23H25BrN3O3+. The van der Waals surface area contributed by atoms with Gasteiger partial charge in [-0.2, -0.15) is 4.79 Å². The monoisotopic (exact) mass is 470 g/mol. The molecule has 6 nitrogen and oxygen atoms in total. The third kappa shape index (κ3) is 3.44. The number of rotatable bonds is 1. The number of hydrogen-bond donors (Lipinski definition) is 1. The molecule has 1 fully saturated rings. The molecule has 1 aromatic heterocycles. The van der Waals surface area contributed by atoms with Gasteiger partial charge in [-0.3, -0.25) is 0 Å². The van der Waals surface area contributed by atoms with Crippen molar-refractivity contribution in [3.8, 4) is 0 Å². The number of ether oxygens (including phenoxy) is 2. The van der Waals surface area contributed by atoms with Gasteiger partial charge < -0.3 is 14.5 Å². The number of fused-ring (bicyclic) bond motifs is 3. The molecule has 5 rings (SSSR count). The van der Waals surface area contributed by atoms with Crippen molar-refractivity contribution in [3.05, 3.63) is 40.6 Å². The molecule has 1 unspecified atom stereocenters. The fraction of sp³-hybridized carbons (Fsp3) is 0.435. The van der Waals surface area contributed by atoms with Gasteiger partial charge in [0.25, 0.3) is 0 Å². The Morgan fingerprint density at radius 3 is 2.87 bits per heavy atom.